The molecule has 0 saturated carbocycles. The van der Waals surface area contributed by atoms with Crippen LogP contribution in [0.5, 0.6) is 0 Å². The van der Waals surface area contributed by atoms with E-state index in [9.17, 15) is 4.79 Å². The lowest BCUT2D eigenvalue weighted by Crippen LogP contribution is -2.24. The highest BCUT2D eigenvalue weighted by Crippen LogP contribution is 2.28. The minimum absolute atomic E-state index is 0.159. The Morgan fingerprint density at radius 2 is 2.05 bits per heavy atom. The average molecular weight is 302 g/mol. The third-order valence-electron chi connectivity index (χ3n) is 3.15. The predicted octanol–water partition coefficient (Wildman–Crippen LogP) is 3.49. The second-order valence-corrected chi connectivity index (χ2v) is 6.27. The van der Waals surface area contributed by atoms with E-state index in [0.717, 1.165) is 27.2 Å². The summed E-state index contributed by atoms with van der Waals surface area (Å²) in [5.74, 6) is 0.916. The highest BCUT2D eigenvalue weighted by Gasteiger charge is 2.12. The molecule has 0 aliphatic rings. The van der Waals surface area contributed by atoms with Gasteiger partial charge in [0.1, 0.15) is 4.83 Å². The molecule has 3 aromatic rings. The van der Waals surface area contributed by atoms with Crippen molar-refractivity contribution in [3.05, 3.63) is 52.3 Å². The van der Waals surface area contributed by atoms with Gasteiger partial charge in [-0.05, 0) is 17.7 Å². The van der Waals surface area contributed by atoms with Gasteiger partial charge in [0.05, 0.1) is 5.69 Å². The maximum atomic E-state index is 12.3. The molecule has 0 unspecified atom stereocenters. The number of rotatable bonds is 4. The van der Waals surface area contributed by atoms with Crippen molar-refractivity contribution in [1.29, 1.82) is 0 Å². The number of benzene rings is 1. The highest BCUT2D eigenvalue weighted by molar-refractivity contribution is 7.98. The minimum Gasteiger partial charge on any atom is -0.282 e. The Bertz CT molecular complexity index is 777. The molecule has 20 heavy (non-hydrogen) atoms. The minimum atomic E-state index is -0.159. The van der Waals surface area contributed by atoms with Crippen molar-refractivity contribution in [2.45, 2.75) is 6.54 Å². The molecule has 2 heterocycles. The van der Waals surface area contributed by atoms with Crippen LogP contribution >= 0.6 is 23.1 Å². The van der Waals surface area contributed by atoms with E-state index in [-0.39, 0.29) is 5.69 Å². The second-order valence-electron chi connectivity index (χ2n) is 4.39. The molecule has 0 bridgehead atoms. The highest BCUT2D eigenvalue weighted by atomic mass is 32.2. The zero-order chi connectivity index (χ0) is 13.9. The number of thiophene rings is 1. The van der Waals surface area contributed by atoms with Crippen LogP contribution in [0.25, 0.3) is 21.5 Å². The van der Waals surface area contributed by atoms with Crippen molar-refractivity contribution in [3.63, 3.8) is 0 Å². The number of thioether (sulfide) groups is 1. The van der Waals surface area contributed by atoms with Crippen LogP contribution in [0.3, 0.4) is 0 Å². The van der Waals surface area contributed by atoms with Gasteiger partial charge in [-0.3, -0.25) is 4.57 Å². The first-order valence-electron chi connectivity index (χ1n) is 6.33. The Labute approximate surface area is 125 Å². The third kappa shape index (κ3) is 2.39. The second kappa shape index (κ2) is 5.81. The molecule has 1 aromatic carbocycles. The number of aromatic nitrogens is 2. The van der Waals surface area contributed by atoms with E-state index >= 15 is 0 Å². The monoisotopic (exact) mass is 302 g/mol. The lowest BCUT2D eigenvalue weighted by molar-refractivity contribution is 0.746. The fourth-order valence-electron chi connectivity index (χ4n) is 2.19. The standard InChI is InChI=1S/C15H14N2OS2/c1-19-10-8-17-14-12(7-9-20-14)13(16-15(17)18)11-5-3-2-4-6-11/h2-7,9H,8,10H2,1H3. The summed E-state index contributed by atoms with van der Waals surface area (Å²) in [6.45, 7) is 0.707. The number of aryl methyl sites for hydroxylation is 1. The molecular formula is C15H14N2OS2. The van der Waals surface area contributed by atoms with E-state index in [0.29, 0.717) is 6.54 Å². The number of fused-ring (bicyclic) bond motifs is 1. The number of hydrogen-bond acceptors (Lipinski definition) is 4. The van der Waals surface area contributed by atoms with Gasteiger partial charge in [0.15, 0.2) is 0 Å². The molecule has 3 nitrogen and oxygen atoms in total. The Balaban J connectivity index is 2.22. The van der Waals surface area contributed by atoms with E-state index in [1.807, 2.05) is 48.0 Å². The van der Waals surface area contributed by atoms with Crippen LogP contribution in [0.4, 0.5) is 0 Å². The molecule has 2 aromatic heterocycles. The molecule has 0 atom stereocenters. The van der Waals surface area contributed by atoms with Crippen LogP contribution in [0.15, 0.2) is 46.6 Å². The Kier molecular flexibility index (Phi) is 3.89. The van der Waals surface area contributed by atoms with Crippen molar-refractivity contribution in [2.75, 3.05) is 12.0 Å². The van der Waals surface area contributed by atoms with E-state index in [1.165, 1.54) is 0 Å². The molecule has 0 aliphatic carbocycles. The number of hydrogen-bond donors (Lipinski definition) is 0. The molecule has 0 N–H and O–H groups in total. The molecular weight excluding hydrogens is 288 g/mol. The van der Waals surface area contributed by atoms with E-state index in [2.05, 4.69) is 4.98 Å². The normalized spacial score (nSPS) is 11.1. The van der Waals surface area contributed by atoms with Crippen molar-refractivity contribution in [2.24, 2.45) is 0 Å². The van der Waals surface area contributed by atoms with E-state index < -0.39 is 0 Å². The first-order valence-corrected chi connectivity index (χ1v) is 8.61. The number of nitrogens with zero attached hydrogens (tertiary/aromatic N) is 2. The maximum absolute atomic E-state index is 12.3. The lowest BCUT2D eigenvalue weighted by atomic mass is 10.1. The first-order chi connectivity index (χ1) is 9.81. The summed E-state index contributed by atoms with van der Waals surface area (Å²) in [5, 5.41) is 3.08. The van der Waals surface area contributed by atoms with Crippen LogP contribution in [-0.2, 0) is 6.54 Å². The third-order valence-corrected chi connectivity index (χ3v) is 4.68. The SMILES string of the molecule is CSCCn1c(=O)nc(-c2ccccc2)c2ccsc21. The zero-order valence-corrected chi connectivity index (χ0v) is 12.7. The van der Waals surface area contributed by atoms with Gasteiger partial charge in [-0.2, -0.15) is 16.7 Å². The summed E-state index contributed by atoms with van der Waals surface area (Å²) in [6, 6.07) is 11.9. The van der Waals surface area contributed by atoms with Gasteiger partial charge < -0.3 is 0 Å². The van der Waals surface area contributed by atoms with Gasteiger partial charge in [0.25, 0.3) is 0 Å². The van der Waals surface area contributed by atoms with Crippen LogP contribution in [0, 0.1) is 0 Å². The largest absolute Gasteiger partial charge is 0.349 e. The quantitative estimate of drug-likeness (QED) is 0.740. The summed E-state index contributed by atoms with van der Waals surface area (Å²) >= 11 is 3.34. The fraction of sp³-hybridized carbons (Fsp3) is 0.200. The summed E-state index contributed by atoms with van der Waals surface area (Å²) in [5.41, 5.74) is 1.62. The molecule has 3 rings (SSSR count). The van der Waals surface area contributed by atoms with Crippen LogP contribution in [0.1, 0.15) is 0 Å². The van der Waals surface area contributed by atoms with Gasteiger partial charge in [-0.25, -0.2) is 4.79 Å². The molecule has 102 valence electrons. The Hall–Kier alpha value is -1.59. The van der Waals surface area contributed by atoms with Gasteiger partial charge in [-0.1, -0.05) is 30.3 Å². The van der Waals surface area contributed by atoms with Gasteiger partial charge in [0, 0.05) is 23.2 Å². The lowest BCUT2D eigenvalue weighted by Gasteiger charge is -2.09. The topological polar surface area (TPSA) is 34.9 Å². The Morgan fingerprint density at radius 3 is 2.80 bits per heavy atom. The van der Waals surface area contributed by atoms with Crippen molar-refractivity contribution in [3.8, 4) is 11.3 Å². The molecule has 0 aliphatic heterocycles. The van der Waals surface area contributed by atoms with Gasteiger partial charge in [-0.15, -0.1) is 11.3 Å². The van der Waals surface area contributed by atoms with E-state index in [4.69, 9.17) is 0 Å². The van der Waals surface area contributed by atoms with E-state index in [1.54, 1.807) is 27.7 Å². The van der Waals surface area contributed by atoms with Crippen LogP contribution in [-0.4, -0.2) is 21.6 Å². The molecule has 0 saturated heterocycles. The summed E-state index contributed by atoms with van der Waals surface area (Å²) in [7, 11) is 0. The van der Waals surface area contributed by atoms with Crippen molar-refractivity contribution >= 4 is 33.3 Å². The molecule has 0 amide bonds. The van der Waals surface area contributed by atoms with Crippen molar-refractivity contribution < 1.29 is 0 Å². The molecule has 5 heteroatoms. The summed E-state index contributed by atoms with van der Waals surface area (Å²) < 4.78 is 1.78. The zero-order valence-electron chi connectivity index (χ0n) is 11.1. The summed E-state index contributed by atoms with van der Waals surface area (Å²) in [4.78, 5) is 17.6. The molecule has 0 spiro atoms. The van der Waals surface area contributed by atoms with Crippen LogP contribution in [0.2, 0.25) is 0 Å². The summed E-state index contributed by atoms with van der Waals surface area (Å²) in [6.07, 6.45) is 2.04. The fourth-order valence-corrected chi connectivity index (χ4v) is 3.48. The average Bonchev–Trinajstić information content (AvgIpc) is 2.96. The first kappa shape index (κ1) is 13.4. The van der Waals surface area contributed by atoms with Crippen LogP contribution < -0.4 is 5.69 Å². The van der Waals surface area contributed by atoms with Crippen molar-refractivity contribution in [1.82, 2.24) is 9.55 Å². The predicted molar refractivity (Wildman–Crippen MR) is 87.7 cm³/mol. The molecule has 0 fully saturated rings. The smallest absolute Gasteiger partial charge is 0.282 e. The maximum Gasteiger partial charge on any atom is 0.349 e. The van der Waals surface area contributed by atoms with Gasteiger partial charge in [0.2, 0.25) is 0 Å². The van der Waals surface area contributed by atoms with Gasteiger partial charge >= 0.3 is 5.69 Å². The molecule has 0 radical (unpaired) electrons. The Morgan fingerprint density at radius 1 is 1.25 bits per heavy atom.